The van der Waals surface area contributed by atoms with E-state index in [2.05, 4.69) is 27.7 Å². The molecule has 0 radical (unpaired) electrons. The molecule has 11 heavy (non-hydrogen) atoms. The van der Waals surface area contributed by atoms with Gasteiger partial charge in [0.2, 0.25) is 0 Å². The third kappa shape index (κ3) is 5.29. The molecule has 0 amide bonds. The molecule has 0 aromatic heterocycles. The largest absolute Gasteiger partial charge is 0.0656 e. The van der Waals surface area contributed by atoms with Crippen LogP contribution >= 0.6 is 0 Å². The smallest absolute Gasteiger partial charge is 0.0391 e. The summed E-state index contributed by atoms with van der Waals surface area (Å²) in [6.07, 6.45) is 7.22. The maximum absolute atomic E-state index is 2.34. The Morgan fingerprint density at radius 2 is 1.45 bits per heavy atom. The van der Waals surface area contributed by atoms with Gasteiger partial charge in [-0.3, -0.25) is 0 Å². The van der Waals surface area contributed by atoms with Crippen LogP contribution in [-0.4, -0.2) is 0 Å². The second-order valence-corrected chi connectivity index (χ2v) is 4.00. The van der Waals surface area contributed by atoms with Crippen LogP contribution in [0.1, 0.15) is 59.8 Å². The van der Waals surface area contributed by atoms with Crippen molar-refractivity contribution in [1.82, 2.24) is 0 Å². The van der Waals surface area contributed by atoms with E-state index in [1.165, 1.54) is 32.1 Å². The molecule has 0 saturated heterocycles. The van der Waals surface area contributed by atoms with E-state index < -0.39 is 0 Å². The van der Waals surface area contributed by atoms with Crippen LogP contribution in [0.15, 0.2) is 0 Å². The van der Waals surface area contributed by atoms with Crippen molar-refractivity contribution in [3.8, 4) is 0 Å². The maximum Gasteiger partial charge on any atom is -0.0391 e. The molecule has 1 aliphatic carbocycles. The second-order valence-electron chi connectivity index (χ2n) is 4.00. The van der Waals surface area contributed by atoms with E-state index in [-0.39, 0.29) is 0 Å². The Labute approximate surface area is 72.4 Å². The van der Waals surface area contributed by atoms with Crippen molar-refractivity contribution in [2.45, 2.75) is 59.8 Å². The molecule has 0 N–H and O–H groups in total. The van der Waals surface area contributed by atoms with E-state index in [0.717, 1.165) is 11.8 Å². The molecule has 0 nitrogen and oxygen atoms in total. The first-order valence-corrected chi connectivity index (χ1v) is 5.22. The fourth-order valence-corrected chi connectivity index (χ4v) is 1.62. The summed E-state index contributed by atoms with van der Waals surface area (Å²) in [5.41, 5.74) is 0. The van der Waals surface area contributed by atoms with Gasteiger partial charge in [0.1, 0.15) is 0 Å². The molecule has 0 bridgehead atoms. The quantitative estimate of drug-likeness (QED) is 0.532. The van der Waals surface area contributed by atoms with Gasteiger partial charge in [-0.25, -0.2) is 0 Å². The summed E-state index contributed by atoms with van der Waals surface area (Å²) in [5, 5.41) is 0. The molecule has 0 heteroatoms. The average molecular weight is 156 g/mol. The SMILES string of the molecule is CC(C)C1CCCC1.CCC. The molecular weight excluding hydrogens is 132 g/mol. The van der Waals surface area contributed by atoms with Crippen molar-refractivity contribution >= 4 is 0 Å². The van der Waals surface area contributed by atoms with Crippen molar-refractivity contribution in [2.24, 2.45) is 11.8 Å². The van der Waals surface area contributed by atoms with Gasteiger partial charge in [0, 0.05) is 0 Å². The van der Waals surface area contributed by atoms with Crippen LogP contribution in [0.4, 0.5) is 0 Å². The van der Waals surface area contributed by atoms with Crippen LogP contribution < -0.4 is 0 Å². The second kappa shape index (κ2) is 6.69. The van der Waals surface area contributed by atoms with Crippen LogP contribution in [0.3, 0.4) is 0 Å². The highest BCUT2D eigenvalue weighted by Crippen LogP contribution is 2.30. The van der Waals surface area contributed by atoms with Gasteiger partial charge in [-0.1, -0.05) is 59.8 Å². The predicted molar refractivity (Wildman–Crippen MR) is 52.8 cm³/mol. The van der Waals surface area contributed by atoms with Crippen molar-refractivity contribution in [1.29, 1.82) is 0 Å². The summed E-state index contributed by atoms with van der Waals surface area (Å²) in [7, 11) is 0. The lowest BCUT2D eigenvalue weighted by Gasteiger charge is -2.11. The molecule has 1 aliphatic rings. The summed E-state index contributed by atoms with van der Waals surface area (Å²) in [4.78, 5) is 0. The first kappa shape index (κ1) is 11.0. The van der Waals surface area contributed by atoms with E-state index in [1.54, 1.807) is 0 Å². The summed E-state index contributed by atoms with van der Waals surface area (Å²) >= 11 is 0. The first-order valence-electron chi connectivity index (χ1n) is 5.22. The number of rotatable bonds is 1. The lowest BCUT2D eigenvalue weighted by atomic mass is 9.95. The molecule has 0 atom stereocenters. The maximum atomic E-state index is 2.34. The van der Waals surface area contributed by atoms with Gasteiger partial charge in [0.25, 0.3) is 0 Å². The Bertz CT molecular complexity index is 68.1. The highest BCUT2D eigenvalue weighted by molar-refractivity contribution is 4.69. The predicted octanol–water partition coefficient (Wildman–Crippen LogP) is 4.25. The van der Waals surface area contributed by atoms with E-state index >= 15 is 0 Å². The average Bonchev–Trinajstić information content (AvgIpc) is 2.38. The van der Waals surface area contributed by atoms with E-state index in [4.69, 9.17) is 0 Å². The van der Waals surface area contributed by atoms with Gasteiger partial charge in [0.15, 0.2) is 0 Å². The summed E-state index contributed by atoms with van der Waals surface area (Å²) in [6.45, 7) is 8.94. The molecule has 0 heterocycles. The molecular formula is C11H24. The van der Waals surface area contributed by atoms with Gasteiger partial charge < -0.3 is 0 Å². The highest BCUT2D eigenvalue weighted by Gasteiger charge is 2.17. The third-order valence-electron chi connectivity index (χ3n) is 2.34. The Balaban J connectivity index is 0.000000292. The standard InChI is InChI=1S/C8H16.C3H8/c1-7(2)8-5-3-4-6-8;1-3-2/h7-8H,3-6H2,1-2H3;3H2,1-2H3. The summed E-state index contributed by atoms with van der Waals surface area (Å²) in [5.74, 6) is 2.01. The highest BCUT2D eigenvalue weighted by atomic mass is 14.2. The van der Waals surface area contributed by atoms with Crippen LogP contribution in [0.25, 0.3) is 0 Å². The zero-order chi connectivity index (χ0) is 8.69. The normalized spacial score (nSPS) is 18.3. The van der Waals surface area contributed by atoms with Crippen molar-refractivity contribution in [3.05, 3.63) is 0 Å². The molecule has 0 aromatic carbocycles. The Hall–Kier alpha value is 0. The molecule has 1 fully saturated rings. The van der Waals surface area contributed by atoms with Gasteiger partial charge in [-0.2, -0.15) is 0 Å². The van der Waals surface area contributed by atoms with Gasteiger partial charge in [0.05, 0.1) is 0 Å². The Morgan fingerprint density at radius 1 is 1.09 bits per heavy atom. The third-order valence-corrected chi connectivity index (χ3v) is 2.34. The molecule has 0 spiro atoms. The zero-order valence-electron chi connectivity index (χ0n) is 8.69. The Kier molecular flexibility index (Phi) is 6.69. The van der Waals surface area contributed by atoms with Gasteiger partial charge in [-0.05, 0) is 11.8 Å². The van der Waals surface area contributed by atoms with Crippen LogP contribution in [-0.2, 0) is 0 Å². The fourth-order valence-electron chi connectivity index (χ4n) is 1.62. The molecule has 1 saturated carbocycles. The number of hydrogen-bond donors (Lipinski definition) is 0. The molecule has 0 unspecified atom stereocenters. The lowest BCUT2D eigenvalue weighted by molar-refractivity contribution is 0.396. The monoisotopic (exact) mass is 156 g/mol. The van der Waals surface area contributed by atoms with Crippen molar-refractivity contribution < 1.29 is 0 Å². The van der Waals surface area contributed by atoms with Crippen LogP contribution in [0.5, 0.6) is 0 Å². The van der Waals surface area contributed by atoms with Crippen molar-refractivity contribution in [2.75, 3.05) is 0 Å². The lowest BCUT2D eigenvalue weighted by Crippen LogP contribution is -2.01. The van der Waals surface area contributed by atoms with Gasteiger partial charge in [-0.15, -0.1) is 0 Å². The fraction of sp³-hybridized carbons (Fsp3) is 1.00. The van der Waals surface area contributed by atoms with Gasteiger partial charge >= 0.3 is 0 Å². The molecule has 68 valence electrons. The minimum absolute atomic E-state index is 0.942. The van der Waals surface area contributed by atoms with E-state index in [1.807, 2.05) is 0 Å². The van der Waals surface area contributed by atoms with Crippen molar-refractivity contribution in [3.63, 3.8) is 0 Å². The number of hydrogen-bond acceptors (Lipinski definition) is 0. The molecule has 1 rings (SSSR count). The summed E-state index contributed by atoms with van der Waals surface area (Å²) < 4.78 is 0. The zero-order valence-corrected chi connectivity index (χ0v) is 8.69. The molecule has 0 aliphatic heterocycles. The van der Waals surface area contributed by atoms with E-state index in [9.17, 15) is 0 Å². The minimum Gasteiger partial charge on any atom is -0.0656 e. The summed E-state index contributed by atoms with van der Waals surface area (Å²) in [6, 6.07) is 0. The first-order chi connectivity index (χ1) is 5.22. The topological polar surface area (TPSA) is 0 Å². The van der Waals surface area contributed by atoms with Crippen LogP contribution in [0.2, 0.25) is 0 Å². The van der Waals surface area contributed by atoms with Crippen LogP contribution in [0, 0.1) is 11.8 Å². The Morgan fingerprint density at radius 3 is 1.64 bits per heavy atom. The van der Waals surface area contributed by atoms with E-state index in [0.29, 0.717) is 0 Å². The minimum atomic E-state index is 0.942. The molecule has 0 aromatic rings.